The molecular weight excluding hydrogens is 445 g/mol. The molecular formula is C25H30KN3O4. The predicted molar refractivity (Wildman–Crippen MR) is 126 cm³/mol. The maximum Gasteiger partial charge on any atom is 1.00 e. The molecule has 0 aliphatic heterocycles. The van der Waals surface area contributed by atoms with Gasteiger partial charge in [0.05, 0.1) is 37.4 Å². The van der Waals surface area contributed by atoms with Crippen LogP contribution in [0.25, 0.3) is 22.5 Å². The molecule has 170 valence electrons. The monoisotopic (exact) mass is 475 g/mol. The van der Waals surface area contributed by atoms with Gasteiger partial charge < -0.3 is 20.9 Å². The van der Waals surface area contributed by atoms with Gasteiger partial charge in [-0.1, -0.05) is 60.7 Å². The fourth-order valence-electron chi connectivity index (χ4n) is 3.30. The van der Waals surface area contributed by atoms with Crippen LogP contribution in [-0.2, 0) is 14.3 Å². The van der Waals surface area contributed by atoms with E-state index < -0.39 is 5.97 Å². The van der Waals surface area contributed by atoms with Crippen LogP contribution in [0, 0.1) is 0 Å². The minimum absolute atomic E-state index is 0. The Morgan fingerprint density at radius 1 is 0.939 bits per heavy atom. The maximum atomic E-state index is 10.5. The zero-order valence-electron chi connectivity index (χ0n) is 20.5. The average Bonchev–Trinajstić information content (AvgIpc) is 2.81. The molecule has 0 radical (unpaired) electrons. The molecule has 0 saturated heterocycles. The Morgan fingerprint density at radius 3 is 2.09 bits per heavy atom. The molecule has 1 N–H and O–H groups in total. The molecule has 1 heterocycles. The number of carboxylic acid groups (broad SMARTS) is 1. The van der Waals surface area contributed by atoms with Crippen molar-refractivity contribution in [2.45, 2.75) is 19.9 Å². The van der Waals surface area contributed by atoms with Gasteiger partial charge in [-0.15, -0.1) is 0 Å². The molecule has 0 aliphatic rings. The van der Waals surface area contributed by atoms with Crippen LogP contribution in [0.5, 0.6) is 0 Å². The number of rotatable bonds is 12. The zero-order chi connectivity index (χ0) is 22.8. The first-order chi connectivity index (χ1) is 15.6. The Kier molecular flexibility index (Phi) is 12.2. The molecule has 7 nitrogen and oxygen atoms in total. The summed E-state index contributed by atoms with van der Waals surface area (Å²) in [5.74, 6) is -0.202. The van der Waals surface area contributed by atoms with Gasteiger partial charge in [0.2, 0.25) is 0 Å². The minimum Gasteiger partial charge on any atom is -1.00 e. The van der Waals surface area contributed by atoms with Crippen molar-refractivity contribution in [3.05, 3.63) is 66.9 Å². The summed E-state index contributed by atoms with van der Waals surface area (Å²) >= 11 is 0. The van der Waals surface area contributed by atoms with Gasteiger partial charge in [0.15, 0.2) is 0 Å². The number of aromatic nitrogens is 2. The number of nitrogens with zero attached hydrogens (tertiary/aromatic N) is 3. The van der Waals surface area contributed by atoms with E-state index in [9.17, 15) is 4.79 Å². The Hall–Kier alpha value is -1.65. The SMILES string of the molecule is CC(C)N(CCOCCOCC(=O)O)c1cnc(-c2ccccc2)c(-c2ccccc2)n1.[H-].[K+]. The van der Waals surface area contributed by atoms with E-state index in [0.717, 1.165) is 28.3 Å². The normalized spacial score (nSPS) is 10.6. The Bertz CT molecular complexity index is 994. The van der Waals surface area contributed by atoms with Crippen molar-refractivity contribution in [1.82, 2.24) is 9.97 Å². The second-order valence-electron chi connectivity index (χ2n) is 7.50. The summed E-state index contributed by atoms with van der Waals surface area (Å²) in [6.45, 7) is 5.58. The van der Waals surface area contributed by atoms with Gasteiger partial charge in [0.25, 0.3) is 0 Å². The molecule has 3 aromatic rings. The van der Waals surface area contributed by atoms with Gasteiger partial charge in [-0.05, 0) is 13.8 Å². The first-order valence-electron chi connectivity index (χ1n) is 10.7. The summed E-state index contributed by atoms with van der Waals surface area (Å²) in [6, 6.07) is 20.3. The fourth-order valence-corrected chi connectivity index (χ4v) is 3.30. The van der Waals surface area contributed by atoms with E-state index >= 15 is 0 Å². The number of ether oxygens (including phenoxy) is 2. The van der Waals surface area contributed by atoms with E-state index in [0.29, 0.717) is 19.8 Å². The molecule has 0 bridgehead atoms. The summed E-state index contributed by atoms with van der Waals surface area (Å²) in [5.41, 5.74) is 3.71. The first-order valence-corrected chi connectivity index (χ1v) is 10.7. The van der Waals surface area contributed by atoms with Crippen LogP contribution in [0.4, 0.5) is 5.82 Å². The van der Waals surface area contributed by atoms with Crippen LogP contribution in [0.15, 0.2) is 66.9 Å². The Balaban J connectivity index is 0.00000289. The third-order valence-electron chi connectivity index (χ3n) is 4.85. The largest absolute Gasteiger partial charge is 1.00 e. The quantitative estimate of drug-likeness (QED) is 0.312. The number of carboxylic acids is 1. The molecule has 0 saturated carbocycles. The number of carbonyl (C=O) groups is 1. The number of hydrogen-bond acceptors (Lipinski definition) is 6. The summed E-state index contributed by atoms with van der Waals surface area (Å²) in [6.07, 6.45) is 1.81. The molecule has 1 aromatic heterocycles. The molecule has 0 aliphatic carbocycles. The summed E-state index contributed by atoms with van der Waals surface area (Å²) in [5, 5.41) is 8.59. The molecule has 33 heavy (non-hydrogen) atoms. The van der Waals surface area contributed by atoms with Crippen molar-refractivity contribution in [2.24, 2.45) is 0 Å². The van der Waals surface area contributed by atoms with Crippen LogP contribution < -0.4 is 56.3 Å². The molecule has 0 spiro atoms. The van der Waals surface area contributed by atoms with Crippen LogP contribution in [-0.4, -0.2) is 60.1 Å². The van der Waals surface area contributed by atoms with Gasteiger partial charge in [-0.3, -0.25) is 4.98 Å². The van der Waals surface area contributed by atoms with Crippen molar-refractivity contribution in [2.75, 3.05) is 37.9 Å². The standard InChI is InChI=1S/C25H29N3O4.K.H/c1-19(2)28(13-14-31-15-16-32-18-23(29)30)22-17-26-24(20-9-5-3-6-10-20)25(27-22)21-11-7-4-8-12-21;;/h3-12,17,19H,13-16,18H2,1-2H3,(H,29,30);;/q;+1;-1. The minimum atomic E-state index is -0.984. The van der Waals surface area contributed by atoms with Crippen LogP contribution in [0.1, 0.15) is 15.3 Å². The van der Waals surface area contributed by atoms with E-state index in [1.54, 1.807) is 0 Å². The van der Waals surface area contributed by atoms with Gasteiger partial charge in [0.1, 0.15) is 12.4 Å². The van der Waals surface area contributed by atoms with E-state index in [-0.39, 0.29) is 72.1 Å². The Labute approximate surface area is 239 Å². The van der Waals surface area contributed by atoms with Crippen molar-refractivity contribution in [3.63, 3.8) is 0 Å². The summed E-state index contributed by atoms with van der Waals surface area (Å²) < 4.78 is 10.6. The van der Waals surface area contributed by atoms with Gasteiger partial charge in [0, 0.05) is 23.7 Å². The second kappa shape index (κ2) is 14.6. The molecule has 0 amide bonds. The average molecular weight is 476 g/mol. The first kappa shape index (κ1) is 27.6. The zero-order valence-corrected chi connectivity index (χ0v) is 22.6. The van der Waals surface area contributed by atoms with Crippen molar-refractivity contribution < 1.29 is 72.2 Å². The molecule has 0 unspecified atom stereocenters. The number of benzene rings is 2. The van der Waals surface area contributed by atoms with E-state index in [4.69, 9.17) is 24.5 Å². The number of aliphatic carboxylic acids is 1. The smallest absolute Gasteiger partial charge is 1.00 e. The van der Waals surface area contributed by atoms with Crippen molar-refractivity contribution >= 4 is 11.8 Å². The van der Waals surface area contributed by atoms with Crippen molar-refractivity contribution in [1.29, 1.82) is 0 Å². The molecule has 0 fully saturated rings. The van der Waals surface area contributed by atoms with Crippen molar-refractivity contribution in [3.8, 4) is 22.5 Å². The third kappa shape index (κ3) is 8.57. The van der Waals surface area contributed by atoms with E-state index in [2.05, 4.69) is 18.7 Å². The summed E-state index contributed by atoms with van der Waals surface area (Å²) in [4.78, 5) is 22.4. The Morgan fingerprint density at radius 2 is 1.52 bits per heavy atom. The van der Waals surface area contributed by atoms with E-state index in [1.165, 1.54) is 0 Å². The maximum absolute atomic E-state index is 10.5. The van der Waals surface area contributed by atoms with Crippen LogP contribution in [0.2, 0.25) is 0 Å². The molecule has 2 aromatic carbocycles. The predicted octanol–water partition coefficient (Wildman–Crippen LogP) is 1.26. The number of hydrogen-bond donors (Lipinski definition) is 1. The van der Waals surface area contributed by atoms with Gasteiger partial charge >= 0.3 is 57.4 Å². The molecule has 8 heteroatoms. The number of anilines is 1. The van der Waals surface area contributed by atoms with E-state index in [1.807, 2.05) is 66.9 Å². The molecule has 0 atom stereocenters. The van der Waals surface area contributed by atoms with Gasteiger partial charge in [-0.2, -0.15) is 0 Å². The van der Waals surface area contributed by atoms with Crippen LogP contribution in [0.3, 0.4) is 0 Å². The second-order valence-corrected chi connectivity index (χ2v) is 7.50. The van der Waals surface area contributed by atoms with Crippen LogP contribution >= 0.6 is 0 Å². The molecule has 3 rings (SSSR count). The summed E-state index contributed by atoms with van der Waals surface area (Å²) in [7, 11) is 0. The fraction of sp³-hybridized carbons (Fsp3) is 0.320. The topological polar surface area (TPSA) is 84.8 Å². The van der Waals surface area contributed by atoms with Gasteiger partial charge in [-0.25, -0.2) is 9.78 Å². The third-order valence-corrected chi connectivity index (χ3v) is 4.85.